The smallest absolute Gasteiger partial charge is 0.296 e. The third-order valence-corrected chi connectivity index (χ3v) is 4.99. The maximum atomic E-state index is 12.6. The fourth-order valence-corrected chi connectivity index (χ4v) is 3.55. The number of thioether (sulfide) groups is 1. The van der Waals surface area contributed by atoms with Gasteiger partial charge in [0.2, 0.25) is 0 Å². The molecule has 23 heavy (non-hydrogen) atoms. The van der Waals surface area contributed by atoms with Gasteiger partial charge < -0.3 is 9.64 Å². The normalized spacial score (nSPS) is 15.4. The topological polar surface area (TPSA) is 60.3 Å². The quantitative estimate of drug-likeness (QED) is 0.860. The van der Waals surface area contributed by atoms with Crippen molar-refractivity contribution in [1.82, 2.24) is 14.5 Å². The Balaban J connectivity index is 1.74. The lowest BCUT2D eigenvalue weighted by Crippen LogP contribution is -2.28. The molecule has 1 saturated heterocycles. The highest BCUT2D eigenvalue weighted by Gasteiger charge is 2.22. The molecule has 1 aliphatic rings. The number of hydrogen-bond acceptors (Lipinski definition) is 5. The molecule has 7 heteroatoms. The number of carbonyl (C=O) groups excluding carboxylic acids is 1. The molecule has 122 valence electrons. The molecule has 2 aromatic heterocycles. The number of ether oxygens (including phenoxy) is 1. The standard InChI is InChI=1S/C16H20N4O2S/c1-19(12-4-3-7-17-10-12)15(21)14-11-18-16(20(14)2)22-13-5-8-23-9-6-13/h3-4,7,10-11,13H,5-6,8-9H2,1-2H3. The van der Waals surface area contributed by atoms with E-state index in [9.17, 15) is 4.79 Å². The molecule has 0 bridgehead atoms. The van der Waals surface area contributed by atoms with E-state index in [-0.39, 0.29) is 12.0 Å². The van der Waals surface area contributed by atoms with Crippen LogP contribution < -0.4 is 9.64 Å². The molecule has 0 aromatic carbocycles. The second-order valence-corrected chi connectivity index (χ2v) is 6.71. The van der Waals surface area contributed by atoms with E-state index in [1.807, 2.05) is 24.9 Å². The molecular weight excluding hydrogens is 312 g/mol. The number of rotatable bonds is 4. The summed E-state index contributed by atoms with van der Waals surface area (Å²) >= 11 is 1.95. The van der Waals surface area contributed by atoms with Gasteiger partial charge in [0.1, 0.15) is 11.8 Å². The zero-order valence-electron chi connectivity index (χ0n) is 13.3. The Labute approximate surface area is 139 Å². The molecule has 0 saturated carbocycles. The lowest BCUT2D eigenvalue weighted by atomic mass is 10.2. The minimum atomic E-state index is -0.137. The van der Waals surface area contributed by atoms with E-state index in [0.29, 0.717) is 11.7 Å². The molecule has 0 aliphatic carbocycles. The van der Waals surface area contributed by atoms with Crippen LogP contribution in [0.2, 0.25) is 0 Å². The van der Waals surface area contributed by atoms with Gasteiger partial charge in [-0.05, 0) is 36.5 Å². The van der Waals surface area contributed by atoms with E-state index >= 15 is 0 Å². The molecule has 1 fully saturated rings. The van der Waals surface area contributed by atoms with Crippen LogP contribution in [0.4, 0.5) is 5.69 Å². The average Bonchev–Trinajstić information content (AvgIpc) is 2.96. The summed E-state index contributed by atoms with van der Waals surface area (Å²) in [5.41, 5.74) is 1.24. The van der Waals surface area contributed by atoms with Crippen molar-refractivity contribution in [2.75, 3.05) is 23.5 Å². The Morgan fingerprint density at radius 3 is 2.87 bits per heavy atom. The van der Waals surface area contributed by atoms with E-state index in [1.54, 1.807) is 41.2 Å². The van der Waals surface area contributed by atoms with Crippen molar-refractivity contribution >= 4 is 23.4 Å². The Hall–Kier alpha value is -2.02. The third-order valence-electron chi connectivity index (χ3n) is 3.94. The Kier molecular flexibility index (Phi) is 4.85. The summed E-state index contributed by atoms with van der Waals surface area (Å²) in [6, 6.07) is 4.15. The molecule has 3 rings (SSSR count). The number of pyridine rings is 1. The molecule has 0 radical (unpaired) electrons. The second-order valence-electron chi connectivity index (χ2n) is 5.49. The van der Waals surface area contributed by atoms with E-state index in [1.165, 1.54) is 0 Å². The lowest BCUT2D eigenvalue weighted by molar-refractivity contribution is 0.0982. The first-order chi connectivity index (χ1) is 11.2. The minimum Gasteiger partial charge on any atom is -0.461 e. The van der Waals surface area contributed by atoms with Crippen molar-refractivity contribution in [3.05, 3.63) is 36.4 Å². The highest BCUT2D eigenvalue weighted by atomic mass is 32.2. The number of anilines is 1. The zero-order chi connectivity index (χ0) is 16.2. The van der Waals surface area contributed by atoms with Gasteiger partial charge >= 0.3 is 0 Å². The lowest BCUT2D eigenvalue weighted by Gasteiger charge is -2.22. The van der Waals surface area contributed by atoms with Gasteiger partial charge in [0.05, 0.1) is 18.1 Å². The number of carbonyl (C=O) groups is 1. The van der Waals surface area contributed by atoms with Gasteiger partial charge in [-0.15, -0.1) is 0 Å². The van der Waals surface area contributed by atoms with Crippen LogP contribution in [0.5, 0.6) is 6.01 Å². The van der Waals surface area contributed by atoms with Crippen molar-refractivity contribution in [3.63, 3.8) is 0 Å². The van der Waals surface area contributed by atoms with Crippen LogP contribution >= 0.6 is 11.8 Å². The Bertz CT molecular complexity index is 668. The summed E-state index contributed by atoms with van der Waals surface area (Å²) in [4.78, 5) is 22.5. The highest BCUT2D eigenvalue weighted by Crippen LogP contribution is 2.23. The van der Waals surface area contributed by atoms with Gasteiger partial charge in [0.15, 0.2) is 0 Å². The third kappa shape index (κ3) is 3.50. The molecule has 0 spiro atoms. The van der Waals surface area contributed by atoms with Gasteiger partial charge in [-0.25, -0.2) is 4.98 Å². The van der Waals surface area contributed by atoms with Gasteiger partial charge in [-0.3, -0.25) is 14.3 Å². The van der Waals surface area contributed by atoms with Crippen LogP contribution in [0, 0.1) is 0 Å². The van der Waals surface area contributed by atoms with Gasteiger partial charge in [-0.1, -0.05) is 0 Å². The molecule has 0 unspecified atom stereocenters. The van der Waals surface area contributed by atoms with Crippen LogP contribution in [-0.2, 0) is 7.05 Å². The van der Waals surface area contributed by atoms with E-state index in [4.69, 9.17) is 4.74 Å². The van der Waals surface area contributed by atoms with Gasteiger partial charge in [-0.2, -0.15) is 11.8 Å². The molecule has 1 aliphatic heterocycles. The van der Waals surface area contributed by atoms with E-state index < -0.39 is 0 Å². The first-order valence-electron chi connectivity index (χ1n) is 7.61. The fraction of sp³-hybridized carbons (Fsp3) is 0.438. The number of aromatic nitrogens is 3. The fourth-order valence-electron chi connectivity index (χ4n) is 2.48. The minimum absolute atomic E-state index is 0.137. The second kappa shape index (κ2) is 7.04. The molecule has 0 atom stereocenters. The first-order valence-corrected chi connectivity index (χ1v) is 8.76. The summed E-state index contributed by atoms with van der Waals surface area (Å²) in [6.07, 6.45) is 7.15. The van der Waals surface area contributed by atoms with Crippen LogP contribution in [-0.4, -0.2) is 45.1 Å². The van der Waals surface area contributed by atoms with Crippen LogP contribution in [0.1, 0.15) is 23.3 Å². The van der Waals surface area contributed by atoms with Gasteiger partial charge in [0, 0.05) is 20.3 Å². The maximum Gasteiger partial charge on any atom is 0.296 e. The number of hydrogen-bond donors (Lipinski definition) is 0. The molecule has 3 heterocycles. The monoisotopic (exact) mass is 332 g/mol. The summed E-state index contributed by atoms with van der Waals surface area (Å²) < 4.78 is 7.68. The number of amides is 1. The maximum absolute atomic E-state index is 12.6. The van der Waals surface area contributed by atoms with Crippen molar-refractivity contribution in [3.8, 4) is 6.01 Å². The Morgan fingerprint density at radius 1 is 1.39 bits per heavy atom. The number of imidazole rings is 1. The number of nitrogens with zero attached hydrogens (tertiary/aromatic N) is 4. The van der Waals surface area contributed by atoms with Crippen molar-refractivity contribution in [1.29, 1.82) is 0 Å². The molecule has 2 aromatic rings. The molecule has 1 amide bonds. The predicted octanol–water partition coefficient (Wildman–Crippen LogP) is 2.37. The molecule has 6 nitrogen and oxygen atoms in total. The average molecular weight is 332 g/mol. The predicted molar refractivity (Wildman–Crippen MR) is 91.2 cm³/mol. The summed E-state index contributed by atoms with van der Waals surface area (Å²) in [5.74, 6) is 2.09. The first kappa shape index (κ1) is 15.9. The van der Waals surface area contributed by atoms with E-state index in [2.05, 4.69) is 9.97 Å². The summed E-state index contributed by atoms with van der Waals surface area (Å²) in [7, 11) is 3.54. The van der Waals surface area contributed by atoms with E-state index in [0.717, 1.165) is 30.0 Å². The van der Waals surface area contributed by atoms with Gasteiger partial charge in [0.25, 0.3) is 11.9 Å². The zero-order valence-corrected chi connectivity index (χ0v) is 14.1. The SMILES string of the molecule is CN(C(=O)c1cnc(OC2CCSCC2)n1C)c1cccnc1. The molecular formula is C16H20N4O2S. The van der Waals surface area contributed by atoms with Crippen molar-refractivity contribution < 1.29 is 9.53 Å². The van der Waals surface area contributed by atoms with Crippen LogP contribution in [0.3, 0.4) is 0 Å². The molecule has 0 N–H and O–H groups in total. The largest absolute Gasteiger partial charge is 0.461 e. The van der Waals surface area contributed by atoms with Crippen LogP contribution in [0.25, 0.3) is 0 Å². The Morgan fingerprint density at radius 2 is 2.17 bits per heavy atom. The van der Waals surface area contributed by atoms with Crippen LogP contribution in [0.15, 0.2) is 30.7 Å². The highest BCUT2D eigenvalue weighted by molar-refractivity contribution is 7.99. The summed E-state index contributed by atoms with van der Waals surface area (Å²) in [6.45, 7) is 0. The van der Waals surface area contributed by atoms with Crippen molar-refractivity contribution in [2.45, 2.75) is 18.9 Å². The van der Waals surface area contributed by atoms with Crippen molar-refractivity contribution in [2.24, 2.45) is 7.05 Å². The summed E-state index contributed by atoms with van der Waals surface area (Å²) in [5, 5.41) is 0.